The van der Waals surface area contributed by atoms with Gasteiger partial charge in [-0.3, -0.25) is 67.6 Å². The lowest BCUT2D eigenvalue weighted by Crippen LogP contribution is -2.48. The van der Waals surface area contributed by atoms with E-state index in [-0.39, 0.29) is 278 Å². The monoisotopic (exact) mass is 1730 g/mol. The van der Waals surface area contributed by atoms with Crippen molar-refractivity contribution in [3.8, 4) is 5.75 Å². The summed E-state index contributed by atoms with van der Waals surface area (Å²) in [7, 11) is -2.20. The van der Waals surface area contributed by atoms with Crippen molar-refractivity contribution in [3.05, 3.63) is 29.8 Å². The van der Waals surface area contributed by atoms with Crippen molar-refractivity contribution in [1.29, 1.82) is 5.41 Å². The molecule has 0 radical (unpaired) electrons. The highest BCUT2D eigenvalue weighted by molar-refractivity contribution is 7.85. The van der Waals surface area contributed by atoms with Gasteiger partial charge in [-0.05, 0) is 101 Å². The number of carboxylic acid groups (broad SMARTS) is 1. The van der Waals surface area contributed by atoms with Crippen LogP contribution in [0.25, 0.3) is 0 Å². The number of ether oxygens (including phenoxy) is 9. The third kappa shape index (κ3) is 68.2. The van der Waals surface area contributed by atoms with Crippen molar-refractivity contribution < 1.29 is 123 Å². The van der Waals surface area contributed by atoms with E-state index in [0.29, 0.717) is 95.8 Å². The first kappa shape index (κ1) is 111. The molecule has 0 aromatic heterocycles. The van der Waals surface area contributed by atoms with Gasteiger partial charge in [0.25, 0.3) is 10.1 Å². The minimum Gasteiger partial charge on any atom is -0.508 e. The number of ketones is 5. The maximum atomic E-state index is 14.0. The summed E-state index contributed by atoms with van der Waals surface area (Å²) in [6.45, 7) is 6.81. The number of carbonyl (C=O) groups is 12. The second-order valence-electron chi connectivity index (χ2n) is 30.2. The number of nitrogens with one attached hydrogen (secondary N) is 7. The summed E-state index contributed by atoms with van der Waals surface area (Å²) in [5, 5.41) is 43.4. The number of unbranched alkanes of at least 4 members (excludes halogenated alkanes) is 14. The molecule has 0 heterocycles. The zero-order valence-corrected chi connectivity index (χ0v) is 72.4. The second-order valence-corrected chi connectivity index (χ2v) is 31.8. The van der Waals surface area contributed by atoms with Crippen LogP contribution in [0.2, 0.25) is 0 Å². The van der Waals surface area contributed by atoms with Gasteiger partial charge < -0.3 is 96.2 Å². The second kappa shape index (κ2) is 73.2. The third-order valence-electron chi connectivity index (χ3n) is 18.8. The molecule has 1 aromatic rings. The maximum absolute atomic E-state index is 14.0. The Hall–Kier alpha value is -7.40. The van der Waals surface area contributed by atoms with E-state index in [1.807, 2.05) is 13.8 Å². The number of carbonyl (C=O) groups excluding carboxylic acids is 11. The van der Waals surface area contributed by atoms with Gasteiger partial charge in [0.15, 0.2) is 17.3 Å². The summed E-state index contributed by atoms with van der Waals surface area (Å²) in [5.74, 6) is -5.08. The van der Waals surface area contributed by atoms with Crippen molar-refractivity contribution in [1.82, 2.24) is 36.8 Å². The summed E-state index contributed by atoms with van der Waals surface area (Å²) in [6.07, 6.45) is 17.7. The first-order valence-corrected chi connectivity index (χ1v) is 44.3. The number of hydrogen-bond acceptors (Lipinski definition) is 27. The van der Waals surface area contributed by atoms with E-state index in [1.54, 1.807) is 24.1 Å². The number of likely N-dealkylation sites (N-methyl/N-ethyl adjacent to an activating group) is 1. The fraction of sp³-hybridized carbons (Fsp3) is 0.771. The van der Waals surface area contributed by atoms with Gasteiger partial charge in [0.2, 0.25) is 35.4 Å². The molecule has 0 saturated carbocycles. The van der Waals surface area contributed by atoms with Crippen LogP contribution in [-0.4, -0.2) is 293 Å². The smallest absolute Gasteiger partial charge is 0.326 e. The summed E-state index contributed by atoms with van der Waals surface area (Å²) < 4.78 is 79.1. The highest BCUT2D eigenvalue weighted by Gasteiger charge is 2.31. The third-order valence-corrected chi connectivity index (χ3v) is 19.6. The van der Waals surface area contributed by atoms with Crippen LogP contribution in [0.4, 0.5) is 0 Å². The highest BCUT2D eigenvalue weighted by atomic mass is 32.2. The van der Waals surface area contributed by atoms with Crippen LogP contribution in [0, 0.1) is 17.2 Å². The van der Waals surface area contributed by atoms with E-state index in [2.05, 4.69) is 31.9 Å². The molecular formula is C83H144N10O26S. The normalized spacial score (nSPS) is 12.5. The number of rotatable bonds is 86. The van der Waals surface area contributed by atoms with Gasteiger partial charge in [0, 0.05) is 96.7 Å². The van der Waals surface area contributed by atoms with Crippen LogP contribution in [0.15, 0.2) is 24.3 Å². The molecule has 688 valence electrons. The molecule has 37 heteroatoms. The molecular weight excluding hydrogens is 1590 g/mol. The van der Waals surface area contributed by atoms with Crippen LogP contribution in [0.3, 0.4) is 0 Å². The number of hydrogen-bond donors (Lipinski definition) is 12. The van der Waals surface area contributed by atoms with Gasteiger partial charge in [0.1, 0.15) is 49.8 Å². The topological polar surface area (TPSA) is 534 Å². The Kier molecular flexibility index (Phi) is 67.4. The van der Waals surface area contributed by atoms with E-state index < -0.39 is 46.0 Å². The quantitative estimate of drug-likeness (QED) is 0.0185. The van der Waals surface area contributed by atoms with E-state index in [9.17, 15) is 76.2 Å². The lowest BCUT2D eigenvalue weighted by molar-refractivity contribution is -0.142. The van der Waals surface area contributed by atoms with E-state index >= 15 is 0 Å². The fourth-order valence-electron chi connectivity index (χ4n) is 12.3. The molecule has 0 aliphatic carbocycles. The number of phenols is 1. The molecule has 1 aromatic carbocycles. The number of nitrogens with two attached hydrogens (primary N) is 2. The number of aromatic hydroxyl groups is 1. The molecule has 0 aliphatic rings. The van der Waals surface area contributed by atoms with Gasteiger partial charge >= 0.3 is 5.97 Å². The van der Waals surface area contributed by atoms with Crippen molar-refractivity contribution in [3.63, 3.8) is 0 Å². The maximum Gasteiger partial charge on any atom is 0.326 e. The standard InChI is InChI=1S/C83H144N10O26S/c1-64(2)55-70(97)58-91-71(75(99)59-93(3)73(26-16-17-27-76(84)85)74(98)57-66(82(86)105)56-65-29-31-68(95)32-30-65)25-18-19-36-87-79(102)61-117-51-47-112-41-22-24-69(96)60-116-50-48-115-45-39-90-81(104)63-119-53-49-114-44-37-88-77(100)35-42-113-43-38-89-80(103)62-118-52-46-111-40-21-23-67(94)33-34-72(83(106)107)92-78(101)28-15-13-11-9-7-5-4-6-8-10-12-14-20-54-120(108,109)110/h29-32,64,66,71-73,91,95H,4-28,33-63H2,1-3H3,(H3,84,85)(H2,86,105)(H,87,102)(H,88,100)(H,89,103)(H,90,104)(H,92,101)(H,106,107)(H,108,109,110)/t66-,71+,72+,73+/m1/s1. The largest absolute Gasteiger partial charge is 0.508 e. The number of nitrogens with zero attached hydrogens (tertiary/aromatic N) is 1. The van der Waals surface area contributed by atoms with E-state index in [0.717, 1.165) is 70.6 Å². The van der Waals surface area contributed by atoms with Crippen molar-refractivity contribution in [2.45, 2.75) is 231 Å². The molecule has 0 spiro atoms. The van der Waals surface area contributed by atoms with Gasteiger partial charge in [-0.1, -0.05) is 103 Å². The van der Waals surface area contributed by atoms with Crippen LogP contribution in [-0.2, 0) is 117 Å². The summed E-state index contributed by atoms with van der Waals surface area (Å²) in [5.41, 5.74) is 12.0. The lowest BCUT2D eigenvalue weighted by Gasteiger charge is -2.29. The van der Waals surface area contributed by atoms with Gasteiger partial charge in [0.05, 0.1) is 116 Å². The van der Waals surface area contributed by atoms with E-state index in [1.165, 1.54) is 12.1 Å². The zero-order valence-electron chi connectivity index (χ0n) is 71.5. The Morgan fingerprint density at radius 3 is 1.41 bits per heavy atom. The SMILES string of the molecule is CC(C)CC(=O)CN[C@@H](CCCCNC(=O)COCCOCCCC(=O)COCCOCCNC(=O)COCCOCCNC(=O)CCOCCNC(=O)COCCOCCCC(=O)CC[C@H](NC(=O)CCCCCCCCCCCCCCCS(=O)(=O)O)C(=O)O)C(=O)CN(C)[C@@H](CCCCC(=N)N)C(=O)C[C@@H](Cc1ccc(O)cc1)C(N)=O. The zero-order chi connectivity index (χ0) is 88.7. The van der Waals surface area contributed by atoms with Gasteiger partial charge in [-0.2, -0.15) is 8.42 Å². The van der Waals surface area contributed by atoms with Crippen LogP contribution in [0.1, 0.15) is 212 Å². The van der Waals surface area contributed by atoms with Crippen LogP contribution >= 0.6 is 0 Å². The van der Waals surface area contributed by atoms with Crippen molar-refractivity contribution >= 4 is 86.3 Å². The Morgan fingerprint density at radius 1 is 0.442 bits per heavy atom. The van der Waals surface area contributed by atoms with E-state index in [4.69, 9.17) is 64.1 Å². The summed E-state index contributed by atoms with van der Waals surface area (Å²) in [4.78, 5) is 153. The Bertz CT molecular complexity index is 3160. The molecule has 4 atom stereocenters. The van der Waals surface area contributed by atoms with Crippen molar-refractivity contribution in [2.24, 2.45) is 23.3 Å². The Balaban J connectivity index is 2.04. The first-order chi connectivity index (χ1) is 57.5. The first-order valence-electron chi connectivity index (χ1n) is 42.7. The molecule has 36 nitrogen and oxygen atoms in total. The Morgan fingerprint density at radius 2 is 0.900 bits per heavy atom. The predicted octanol–water partition coefficient (Wildman–Crippen LogP) is 4.51. The molecule has 0 unspecified atom stereocenters. The number of primary amides is 1. The van der Waals surface area contributed by atoms with Gasteiger partial charge in [-0.15, -0.1) is 0 Å². The minimum absolute atomic E-state index is 0.00341. The molecule has 1 rings (SSSR count). The minimum atomic E-state index is -3.87. The number of amidine groups is 1. The fourth-order valence-corrected chi connectivity index (χ4v) is 12.9. The molecule has 0 aliphatic heterocycles. The number of amides is 6. The number of Topliss-reactive ketones (excluding diaryl/α,β-unsaturated/α-hetero) is 5. The molecule has 0 fully saturated rings. The number of aliphatic carboxylic acids is 1. The van der Waals surface area contributed by atoms with Crippen LogP contribution in [0.5, 0.6) is 5.75 Å². The number of benzene rings is 1. The molecule has 0 bridgehead atoms. The average Bonchev–Trinajstić information content (AvgIpc) is 0.854. The molecule has 14 N–H and O–H groups in total. The van der Waals surface area contributed by atoms with Gasteiger partial charge in [-0.25, -0.2) is 4.79 Å². The predicted molar refractivity (Wildman–Crippen MR) is 448 cm³/mol. The Labute approximate surface area is 709 Å². The van der Waals surface area contributed by atoms with Crippen molar-refractivity contribution in [2.75, 3.05) is 171 Å². The average molecular weight is 1730 g/mol. The summed E-state index contributed by atoms with van der Waals surface area (Å²) in [6, 6.07) is 3.66. The molecule has 0 saturated heterocycles. The van der Waals surface area contributed by atoms with Crippen LogP contribution < -0.4 is 43.4 Å². The molecule has 120 heavy (non-hydrogen) atoms. The number of carboxylic acids is 1. The number of phenolic OH excluding ortho intramolecular Hbond substituents is 1. The summed E-state index contributed by atoms with van der Waals surface area (Å²) >= 11 is 0. The molecule has 6 amide bonds. The highest BCUT2D eigenvalue weighted by Crippen LogP contribution is 2.21. The lowest BCUT2D eigenvalue weighted by atomic mass is 9.89.